The Hall–Kier alpha value is -1.16. The third-order valence-electron chi connectivity index (χ3n) is 3.09. The van der Waals surface area contributed by atoms with E-state index in [1.807, 2.05) is 32.2 Å². The van der Waals surface area contributed by atoms with Crippen LogP contribution in [0.4, 0.5) is 4.39 Å². The number of hydrogen-bond acceptors (Lipinski definition) is 2. The molecule has 0 fully saturated rings. The van der Waals surface area contributed by atoms with E-state index in [1.165, 1.54) is 12.1 Å². The molecule has 1 N–H and O–H groups in total. The van der Waals surface area contributed by atoms with Crippen LogP contribution >= 0.6 is 23.2 Å². The second-order valence-electron chi connectivity index (χ2n) is 4.70. The van der Waals surface area contributed by atoms with Crippen LogP contribution in [0.3, 0.4) is 0 Å². The van der Waals surface area contributed by atoms with Gasteiger partial charge in [-0.05, 0) is 43.2 Å². The number of pyridine rings is 1. The van der Waals surface area contributed by atoms with Crippen LogP contribution in [-0.2, 0) is 6.54 Å². The van der Waals surface area contributed by atoms with Gasteiger partial charge in [0.2, 0.25) is 0 Å². The van der Waals surface area contributed by atoms with Crippen LogP contribution in [-0.4, -0.2) is 4.98 Å². The van der Waals surface area contributed by atoms with Gasteiger partial charge in [-0.25, -0.2) is 4.39 Å². The Labute approximate surface area is 127 Å². The molecule has 0 aliphatic rings. The Morgan fingerprint density at radius 3 is 2.65 bits per heavy atom. The molecule has 0 aliphatic carbocycles. The van der Waals surface area contributed by atoms with Gasteiger partial charge in [-0.2, -0.15) is 0 Å². The molecule has 2 aromatic rings. The molecular weight excluding hydrogens is 298 g/mol. The van der Waals surface area contributed by atoms with Crippen molar-refractivity contribution in [1.82, 2.24) is 10.3 Å². The summed E-state index contributed by atoms with van der Waals surface area (Å²) in [6.07, 6.45) is 1.82. The highest BCUT2D eigenvalue weighted by molar-refractivity contribution is 6.35. The maximum atomic E-state index is 13.5. The van der Waals surface area contributed by atoms with E-state index in [-0.39, 0.29) is 11.1 Å². The van der Waals surface area contributed by atoms with E-state index >= 15 is 0 Å². The van der Waals surface area contributed by atoms with Crippen molar-refractivity contribution in [1.29, 1.82) is 0 Å². The molecule has 1 aromatic heterocycles. The zero-order valence-corrected chi connectivity index (χ0v) is 12.8. The Morgan fingerprint density at radius 2 is 2.00 bits per heavy atom. The fourth-order valence-electron chi connectivity index (χ4n) is 1.85. The minimum absolute atomic E-state index is 0.0358. The summed E-state index contributed by atoms with van der Waals surface area (Å²) in [5, 5.41) is 3.78. The number of aryl methyl sites for hydroxylation is 1. The van der Waals surface area contributed by atoms with Gasteiger partial charge in [0.25, 0.3) is 0 Å². The minimum atomic E-state index is -0.461. The summed E-state index contributed by atoms with van der Waals surface area (Å²) >= 11 is 11.8. The molecule has 0 bridgehead atoms. The number of hydrogen-bond donors (Lipinski definition) is 1. The molecular formula is C15H15Cl2FN2. The largest absolute Gasteiger partial charge is 0.306 e. The molecule has 0 saturated carbocycles. The van der Waals surface area contributed by atoms with Gasteiger partial charge < -0.3 is 5.32 Å². The van der Waals surface area contributed by atoms with Crippen LogP contribution in [0.15, 0.2) is 30.5 Å². The number of halogens is 3. The van der Waals surface area contributed by atoms with Crippen LogP contribution in [0.1, 0.15) is 29.8 Å². The Balaban J connectivity index is 2.06. The van der Waals surface area contributed by atoms with Gasteiger partial charge in [-0.1, -0.05) is 29.3 Å². The van der Waals surface area contributed by atoms with Crippen LogP contribution in [0.2, 0.25) is 10.0 Å². The molecule has 1 unspecified atom stereocenters. The Bertz CT molecular complexity index is 600. The smallest absolute Gasteiger partial charge is 0.142 e. The highest BCUT2D eigenvalue weighted by Gasteiger charge is 2.13. The maximum absolute atomic E-state index is 13.5. The number of rotatable bonds is 4. The normalized spacial score (nSPS) is 12.4. The highest BCUT2D eigenvalue weighted by Crippen LogP contribution is 2.28. The number of aromatic nitrogens is 1. The predicted octanol–water partition coefficient (Wildman–Crippen LogP) is 4.69. The predicted molar refractivity (Wildman–Crippen MR) is 80.6 cm³/mol. The van der Waals surface area contributed by atoms with Crippen molar-refractivity contribution in [3.8, 4) is 0 Å². The van der Waals surface area contributed by atoms with Crippen molar-refractivity contribution >= 4 is 23.2 Å². The van der Waals surface area contributed by atoms with Crippen LogP contribution in [0.5, 0.6) is 0 Å². The summed E-state index contributed by atoms with van der Waals surface area (Å²) in [5.74, 6) is -0.461. The summed E-state index contributed by atoms with van der Waals surface area (Å²) < 4.78 is 13.5. The molecule has 5 heteroatoms. The standard InChI is InChI=1S/C15H15Cl2FN2/c1-9-3-4-11(7-19-9)8-20-10(2)12-5-15(18)14(17)6-13(12)16/h3-7,10,20H,8H2,1-2H3. The molecule has 2 rings (SSSR count). The minimum Gasteiger partial charge on any atom is -0.306 e. The zero-order chi connectivity index (χ0) is 14.7. The van der Waals surface area contributed by atoms with Crippen molar-refractivity contribution in [2.24, 2.45) is 0 Å². The topological polar surface area (TPSA) is 24.9 Å². The second kappa shape index (κ2) is 6.53. The van der Waals surface area contributed by atoms with Crippen LogP contribution in [0.25, 0.3) is 0 Å². The SMILES string of the molecule is Cc1ccc(CNC(C)c2cc(F)c(Cl)cc2Cl)cn1. The van der Waals surface area contributed by atoms with E-state index in [4.69, 9.17) is 23.2 Å². The fraction of sp³-hybridized carbons (Fsp3) is 0.267. The molecule has 0 radical (unpaired) electrons. The first-order chi connectivity index (χ1) is 9.47. The van der Waals surface area contributed by atoms with Gasteiger partial charge in [0.15, 0.2) is 0 Å². The van der Waals surface area contributed by atoms with Gasteiger partial charge in [0, 0.05) is 29.5 Å². The van der Waals surface area contributed by atoms with Gasteiger partial charge in [0.1, 0.15) is 5.82 Å². The lowest BCUT2D eigenvalue weighted by Crippen LogP contribution is -2.18. The molecule has 0 spiro atoms. The molecule has 1 heterocycles. The van der Waals surface area contributed by atoms with Crippen molar-refractivity contribution in [2.45, 2.75) is 26.4 Å². The van der Waals surface area contributed by atoms with Gasteiger partial charge >= 0.3 is 0 Å². The molecule has 2 nitrogen and oxygen atoms in total. The summed E-state index contributed by atoms with van der Waals surface area (Å²) in [6, 6.07) is 6.67. The molecule has 0 saturated heterocycles. The molecule has 0 aliphatic heterocycles. The highest BCUT2D eigenvalue weighted by atomic mass is 35.5. The van der Waals surface area contributed by atoms with E-state index < -0.39 is 5.82 Å². The fourth-order valence-corrected chi connectivity index (χ4v) is 2.40. The second-order valence-corrected chi connectivity index (χ2v) is 5.51. The lowest BCUT2D eigenvalue weighted by molar-refractivity contribution is 0.564. The van der Waals surface area contributed by atoms with E-state index in [0.717, 1.165) is 11.3 Å². The summed E-state index contributed by atoms with van der Waals surface area (Å²) in [4.78, 5) is 4.23. The summed E-state index contributed by atoms with van der Waals surface area (Å²) in [6.45, 7) is 4.50. The van der Waals surface area contributed by atoms with E-state index in [2.05, 4.69) is 10.3 Å². The number of nitrogens with one attached hydrogen (secondary N) is 1. The van der Waals surface area contributed by atoms with Crippen molar-refractivity contribution in [2.75, 3.05) is 0 Å². The lowest BCUT2D eigenvalue weighted by atomic mass is 10.1. The quantitative estimate of drug-likeness (QED) is 0.829. The summed E-state index contributed by atoms with van der Waals surface area (Å²) in [7, 11) is 0. The van der Waals surface area contributed by atoms with Crippen molar-refractivity contribution in [3.05, 3.63) is 63.1 Å². The third kappa shape index (κ3) is 3.69. The zero-order valence-electron chi connectivity index (χ0n) is 11.3. The van der Waals surface area contributed by atoms with E-state index in [9.17, 15) is 4.39 Å². The van der Waals surface area contributed by atoms with E-state index in [1.54, 1.807) is 0 Å². The maximum Gasteiger partial charge on any atom is 0.142 e. The average molecular weight is 313 g/mol. The molecule has 1 aromatic carbocycles. The summed E-state index contributed by atoms with van der Waals surface area (Å²) in [5.41, 5.74) is 2.73. The van der Waals surface area contributed by atoms with Crippen molar-refractivity contribution in [3.63, 3.8) is 0 Å². The first-order valence-electron chi connectivity index (χ1n) is 6.26. The first-order valence-corrected chi connectivity index (χ1v) is 7.02. The third-order valence-corrected chi connectivity index (χ3v) is 3.71. The monoisotopic (exact) mass is 312 g/mol. The number of nitrogens with zero attached hydrogens (tertiary/aromatic N) is 1. The van der Waals surface area contributed by atoms with Crippen LogP contribution < -0.4 is 5.32 Å². The lowest BCUT2D eigenvalue weighted by Gasteiger charge is -2.16. The molecule has 20 heavy (non-hydrogen) atoms. The molecule has 0 amide bonds. The first kappa shape index (κ1) is 15.2. The Morgan fingerprint density at radius 1 is 1.25 bits per heavy atom. The van der Waals surface area contributed by atoms with Gasteiger partial charge in [-0.15, -0.1) is 0 Å². The van der Waals surface area contributed by atoms with Crippen LogP contribution in [0, 0.1) is 12.7 Å². The van der Waals surface area contributed by atoms with E-state index in [0.29, 0.717) is 17.1 Å². The number of benzene rings is 1. The average Bonchev–Trinajstić information content (AvgIpc) is 2.42. The molecule has 1 atom stereocenters. The van der Waals surface area contributed by atoms with Gasteiger partial charge in [0.05, 0.1) is 5.02 Å². The van der Waals surface area contributed by atoms with Gasteiger partial charge in [-0.3, -0.25) is 4.98 Å². The Kier molecular flexibility index (Phi) is 4.97. The molecule has 106 valence electrons. The van der Waals surface area contributed by atoms with Crippen molar-refractivity contribution < 1.29 is 4.39 Å².